The molecule has 0 unspecified atom stereocenters. The van der Waals surface area contributed by atoms with Gasteiger partial charge in [-0.15, -0.1) is 5.10 Å². The van der Waals surface area contributed by atoms with Crippen molar-refractivity contribution in [3.05, 3.63) is 65.5 Å². The number of anilines is 1. The Balaban J connectivity index is 1.67. The van der Waals surface area contributed by atoms with E-state index in [1.807, 2.05) is 31.2 Å². The lowest BCUT2D eigenvalue weighted by molar-refractivity contribution is 0.251. The van der Waals surface area contributed by atoms with Gasteiger partial charge in [-0.05, 0) is 41.6 Å². The second-order valence-corrected chi connectivity index (χ2v) is 5.25. The van der Waals surface area contributed by atoms with Crippen molar-refractivity contribution in [3.63, 3.8) is 0 Å². The number of carbonyl (C=O) groups is 1. The number of amides is 2. The predicted molar refractivity (Wildman–Crippen MR) is 86.1 cm³/mol. The number of hydrogen-bond donors (Lipinski definition) is 2. The van der Waals surface area contributed by atoms with E-state index in [0.29, 0.717) is 5.82 Å². The van der Waals surface area contributed by atoms with E-state index in [-0.39, 0.29) is 6.54 Å². The van der Waals surface area contributed by atoms with E-state index in [2.05, 4.69) is 26.2 Å². The van der Waals surface area contributed by atoms with E-state index in [4.69, 9.17) is 0 Å². The fourth-order valence-corrected chi connectivity index (χ4v) is 2.14. The minimum atomic E-state index is -0.861. The number of urea groups is 1. The lowest BCUT2D eigenvalue weighted by atomic mass is 10.2. The van der Waals surface area contributed by atoms with Gasteiger partial charge in [0.25, 0.3) is 0 Å². The van der Waals surface area contributed by atoms with Crippen LogP contribution in [0, 0.1) is 18.6 Å². The van der Waals surface area contributed by atoms with Crippen molar-refractivity contribution in [3.8, 4) is 5.69 Å². The Kier molecular flexibility index (Phi) is 4.64. The summed E-state index contributed by atoms with van der Waals surface area (Å²) in [5, 5.41) is 15.9. The molecule has 25 heavy (non-hydrogen) atoms. The summed E-state index contributed by atoms with van der Waals surface area (Å²) in [5.74, 6) is -1.35. The van der Waals surface area contributed by atoms with Crippen molar-refractivity contribution in [2.24, 2.45) is 0 Å². The van der Waals surface area contributed by atoms with Crippen LogP contribution in [0.5, 0.6) is 0 Å². The highest BCUT2D eigenvalue weighted by molar-refractivity contribution is 5.89. The molecule has 7 nitrogen and oxygen atoms in total. The van der Waals surface area contributed by atoms with Crippen LogP contribution in [-0.2, 0) is 6.54 Å². The quantitative estimate of drug-likeness (QED) is 0.762. The zero-order valence-corrected chi connectivity index (χ0v) is 13.2. The van der Waals surface area contributed by atoms with Crippen LogP contribution in [-0.4, -0.2) is 26.2 Å². The van der Waals surface area contributed by atoms with Crippen molar-refractivity contribution in [1.29, 1.82) is 0 Å². The van der Waals surface area contributed by atoms with E-state index in [1.54, 1.807) is 0 Å². The van der Waals surface area contributed by atoms with Crippen molar-refractivity contribution in [2.45, 2.75) is 13.5 Å². The van der Waals surface area contributed by atoms with E-state index in [0.717, 1.165) is 23.4 Å². The fraction of sp³-hybridized carbons (Fsp3) is 0.125. The molecule has 0 aliphatic carbocycles. The normalized spacial score (nSPS) is 10.5. The molecule has 2 amide bonds. The Morgan fingerprint density at radius 2 is 1.80 bits per heavy atom. The van der Waals surface area contributed by atoms with Crippen LogP contribution in [0.1, 0.15) is 11.4 Å². The summed E-state index contributed by atoms with van der Waals surface area (Å²) in [6.07, 6.45) is 0. The average Bonchev–Trinajstić information content (AvgIpc) is 3.06. The molecule has 3 aromatic rings. The zero-order chi connectivity index (χ0) is 17.8. The highest BCUT2D eigenvalue weighted by Crippen LogP contribution is 2.17. The van der Waals surface area contributed by atoms with Crippen molar-refractivity contribution in [2.75, 3.05) is 5.32 Å². The predicted octanol–water partition coefficient (Wildman–Crippen LogP) is 2.57. The molecule has 0 radical (unpaired) electrons. The van der Waals surface area contributed by atoms with Gasteiger partial charge in [0.05, 0.1) is 12.2 Å². The summed E-state index contributed by atoms with van der Waals surface area (Å²) in [4.78, 5) is 11.9. The molecule has 128 valence electrons. The first kappa shape index (κ1) is 16.5. The molecule has 0 saturated heterocycles. The number of para-hydroxylation sites is 1. The minimum absolute atomic E-state index is 0.0250. The molecule has 2 aromatic carbocycles. The number of tetrazole rings is 1. The van der Waals surface area contributed by atoms with Crippen LogP contribution in [0.4, 0.5) is 19.3 Å². The Morgan fingerprint density at radius 1 is 1.12 bits per heavy atom. The minimum Gasteiger partial charge on any atom is -0.330 e. The van der Waals surface area contributed by atoms with Crippen molar-refractivity contribution >= 4 is 11.7 Å². The number of benzene rings is 2. The molecule has 0 bridgehead atoms. The maximum Gasteiger partial charge on any atom is 0.319 e. The third-order valence-electron chi connectivity index (χ3n) is 3.42. The number of nitrogens with one attached hydrogen (secondary N) is 2. The number of rotatable bonds is 4. The van der Waals surface area contributed by atoms with Crippen LogP contribution in [0.3, 0.4) is 0 Å². The Labute approximate surface area is 141 Å². The second-order valence-electron chi connectivity index (χ2n) is 5.25. The third-order valence-corrected chi connectivity index (χ3v) is 3.42. The first-order valence-corrected chi connectivity index (χ1v) is 7.38. The van der Waals surface area contributed by atoms with Gasteiger partial charge in [-0.25, -0.2) is 13.6 Å². The van der Waals surface area contributed by atoms with Crippen LogP contribution in [0.2, 0.25) is 0 Å². The number of nitrogens with zero attached hydrogens (tertiary/aromatic N) is 4. The molecule has 0 saturated carbocycles. The molecule has 0 fully saturated rings. The van der Waals surface area contributed by atoms with E-state index in [1.165, 1.54) is 10.7 Å². The SMILES string of the molecule is Cc1ccc(-n2nnnc2CNC(=O)Nc2c(F)cccc2F)cc1. The van der Waals surface area contributed by atoms with Gasteiger partial charge in [0.2, 0.25) is 0 Å². The van der Waals surface area contributed by atoms with Gasteiger partial charge >= 0.3 is 6.03 Å². The summed E-state index contributed by atoms with van der Waals surface area (Å²) in [6, 6.07) is 10.0. The number of halogens is 2. The third kappa shape index (κ3) is 3.77. The molecule has 0 aliphatic rings. The molecule has 0 aliphatic heterocycles. The summed E-state index contributed by atoms with van der Waals surface area (Å²) < 4.78 is 28.5. The first-order chi connectivity index (χ1) is 12.0. The Morgan fingerprint density at radius 3 is 2.48 bits per heavy atom. The molecule has 2 N–H and O–H groups in total. The largest absolute Gasteiger partial charge is 0.330 e. The highest BCUT2D eigenvalue weighted by Gasteiger charge is 2.13. The smallest absolute Gasteiger partial charge is 0.319 e. The van der Waals surface area contributed by atoms with Gasteiger partial charge in [0.15, 0.2) is 5.82 Å². The van der Waals surface area contributed by atoms with Gasteiger partial charge in [0.1, 0.15) is 17.3 Å². The fourth-order valence-electron chi connectivity index (χ4n) is 2.14. The lowest BCUT2D eigenvalue weighted by Crippen LogP contribution is -2.30. The zero-order valence-electron chi connectivity index (χ0n) is 13.2. The van der Waals surface area contributed by atoms with E-state index >= 15 is 0 Å². The highest BCUT2D eigenvalue weighted by atomic mass is 19.1. The Bertz CT molecular complexity index is 874. The van der Waals surface area contributed by atoms with E-state index < -0.39 is 23.4 Å². The molecule has 3 rings (SSSR count). The summed E-state index contributed by atoms with van der Waals surface area (Å²) in [5.41, 5.74) is 1.30. The summed E-state index contributed by atoms with van der Waals surface area (Å²) >= 11 is 0. The first-order valence-electron chi connectivity index (χ1n) is 7.38. The van der Waals surface area contributed by atoms with Gasteiger partial charge in [-0.1, -0.05) is 23.8 Å². The molecular formula is C16H14F2N6O. The molecule has 1 heterocycles. The second kappa shape index (κ2) is 7.04. The van der Waals surface area contributed by atoms with Crippen LogP contribution < -0.4 is 10.6 Å². The van der Waals surface area contributed by atoms with Crippen molar-refractivity contribution < 1.29 is 13.6 Å². The standard InChI is InChI=1S/C16H14F2N6O/c1-10-5-7-11(8-6-10)24-14(21-22-23-24)9-19-16(25)20-15-12(17)3-2-4-13(15)18/h2-8H,9H2,1H3,(H2,19,20,25). The van der Waals surface area contributed by atoms with Crippen LogP contribution >= 0.6 is 0 Å². The van der Waals surface area contributed by atoms with Gasteiger partial charge in [-0.2, -0.15) is 4.68 Å². The van der Waals surface area contributed by atoms with Crippen LogP contribution in [0.15, 0.2) is 42.5 Å². The maximum atomic E-state index is 13.5. The average molecular weight is 344 g/mol. The topological polar surface area (TPSA) is 84.7 Å². The van der Waals surface area contributed by atoms with Gasteiger partial charge in [-0.3, -0.25) is 0 Å². The molecule has 0 spiro atoms. The molecule has 0 atom stereocenters. The number of carbonyl (C=O) groups excluding carboxylic acids is 1. The number of hydrogen-bond acceptors (Lipinski definition) is 4. The summed E-state index contributed by atoms with van der Waals surface area (Å²) in [6.45, 7) is 1.93. The maximum absolute atomic E-state index is 13.5. The van der Waals surface area contributed by atoms with E-state index in [9.17, 15) is 13.6 Å². The number of aromatic nitrogens is 4. The monoisotopic (exact) mass is 344 g/mol. The van der Waals surface area contributed by atoms with Gasteiger partial charge in [0, 0.05) is 0 Å². The molecule has 1 aromatic heterocycles. The Hall–Kier alpha value is -3.36. The van der Waals surface area contributed by atoms with Crippen LogP contribution in [0.25, 0.3) is 5.69 Å². The van der Waals surface area contributed by atoms with Gasteiger partial charge < -0.3 is 10.6 Å². The molecule has 9 heteroatoms. The lowest BCUT2D eigenvalue weighted by Gasteiger charge is -2.09. The number of aryl methyl sites for hydroxylation is 1. The summed E-state index contributed by atoms with van der Waals surface area (Å²) in [7, 11) is 0. The molecular weight excluding hydrogens is 330 g/mol. The van der Waals surface area contributed by atoms with Crippen molar-refractivity contribution in [1.82, 2.24) is 25.5 Å².